The Kier molecular flexibility index (Phi) is 8.36. The molecule has 11 nitrogen and oxygen atoms in total. The summed E-state index contributed by atoms with van der Waals surface area (Å²) in [7, 11) is -2.28. The van der Waals surface area contributed by atoms with Gasteiger partial charge in [0.15, 0.2) is 5.65 Å². The summed E-state index contributed by atoms with van der Waals surface area (Å²) in [6, 6.07) is 11.4. The van der Waals surface area contributed by atoms with E-state index in [9.17, 15) is 18.0 Å². The number of nitrogens with one attached hydrogen (secondary N) is 2. The summed E-state index contributed by atoms with van der Waals surface area (Å²) < 4.78 is 34.5. The number of carbonyl (C=O) groups is 2. The molecule has 3 aromatic rings. The molecule has 0 bridgehead atoms. The molecular formula is C28H36N6O5S. The Morgan fingerprint density at radius 1 is 1.10 bits per heavy atom. The van der Waals surface area contributed by atoms with Gasteiger partial charge in [0.25, 0.3) is 5.91 Å². The molecule has 1 aliphatic heterocycles. The molecule has 2 fully saturated rings. The van der Waals surface area contributed by atoms with Gasteiger partial charge in [0.2, 0.25) is 15.9 Å². The molecule has 2 aromatic heterocycles. The number of hydrogen-bond acceptors (Lipinski definition) is 8. The Morgan fingerprint density at radius 2 is 1.82 bits per heavy atom. The number of ether oxygens (including phenoxy) is 1. The van der Waals surface area contributed by atoms with Crippen molar-refractivity contribution < 1.29 is 22.7 Å². The number of aromatic nitrogens is 3. The number of piperidine rings is 1. The number of para-hydroxylation sites is 1. The van der Waals surface area contributed by atoms with E-state index in [0.29, 0.717) is 24.1 Å². The maximum Gasteiger partial charge on any atom is 0.283 e. The zero-order chi connectivity index (χ0) is 28.3. The molecule has 2 aliphatic rings. The van der Waals surface area contributed by atoms with Crippen molar-refractivity contribution >= 4 is 38.6 Å². The normalized spacial score (nSPS) is 16.6. The molecule has 2 amide bonds. The molecule has 2 N–H and O–H groups in total. The highest BCUT2D eigenvalue weighted by molar-refractivity contribution is 7.90. The molecule has 1 saturated heterocycles. The van der Waals surface area contributed by atoms with Crippen molar-refractivity contribution in [1.29, 1.82) is 0 Å². The van der Waals surface area contributed by atoms with Crippen LogP contribution < -0.4 is 14.9 Å². The van der Waals surface area contributed by atoms with Crippen molar-refractivity contribution in [2.45, 2.75) is 44.9 Å². The Hall–Kier alpha value is -3.51. The van der Waals surface area contributed by atoms with E-state index in [1.165, 1.54) is 6.92 Å². The van der Waals surface area contributed by atoms with Crippen LogP contribution in [-0.4, -0.2) is 74.1 Å². The summed E-state index contributed by atoms with van der Waals surface area (Å²) in [4.78, 5) is 31.4. The predicted octanol–water partition coefficient (Wildman–Crippen LogP) is 2.75. The van der Waals surface area contributed by atoms with Gasteiger partial charge >= 0.3 is 0 Å². The standard InChI is InChI=1S/C28H36N6O5S/c1-19(35)29-13-16-40(37,38)32-28(36)23-17-24(33-14-11-20(12-15-33)18-39-2)25-26(21-7-6-8-21)31-34(27(25)30-23)22-9-4-3-5-10-22/h3-5,9-10,17,20-21H,6-8,11-16,18H2,1-2H3,(H,29,35)(H,32,36). The van der Waals surface area contributed by atoms with Crippen molar-refractivity contribution in [2.24, 2.45) is 5.92 Å². The fourth-order valence-electron chi connectivity index (χ4n) is 5.39. The third kappa shape index (κ3) is 6.12. The molecule has 3 heterocycles. The number of sulfonamides is 1. The van der Waals surface area contributed by atoms with Crippen molar-refractivity contribution in [2.75, 3.05) is 44.0 Å². The number of nitrogens with zero attached hydrogens (tertiary/aromatic N) is 4. The smallest absolute Gasteiger partial charge is 0.283 e. The summed E-state index contributed by atoms with van der Waals surface area (Å²) >= 11 is 0. The molecule has 0 atom stereocenters. The Morgan fingerprint density at radius 3 is 2.45 bits per heavy atom. The summed E-state index contributed by atoms with van der Waals surface area (Å²) in [6.07, 6.45) is 5.13. The number of carbonyl (C=O) groups excluding carboxylic acids is 2. The molecule has 0 spiro atoms. The molecule has 0 unspecified atom stereocenters. The Labute approximate surface area is 234 Å². The minimum Gasteiger partial charge on any atom is -0.384 e. The lowest BCUT2D eigenvalue weighted by molar-refractivity contribution is -0.118. The van der Waals surface area contributed by atoms with Crippen molar-refractivity contribution in [3.63, 3.8) is 0 Å². The molecule has 1 aromatic carbocycles. The molecular weight excluding hydrogens is 532 g/mol. The van der Waals surface area contributed by atoms with Crippen LogP contribution in [0.25, 0.3) is 16.7 Å². The fourth-order valence-corrected chi connectivity index (χ4v) is 6.25. The van der Waals surface area contributed by atoms with E-state index in [1.807, 2.05) is 30.3 Å². The van der Waals surface area contributed by atoms with Crippen LogP contribution in [0.15, 0.2) is 36.4 Å². The SMILES string of the molecule is COCC1CCN(c2cc(C(=O)NS(=O)(=O)CCNC(C)=O)nc3c2c(C2CCC2)nn3-c2ccccc2)CC1. The van der Waals surface area contributed by atoms with E-state index in [4.69, 9.17) is 14.8 Å². The molecule has 0 radical (unpaired) electrons. The van der Waals surface area contributed by atoms with Crippen LogP contribution in [0.4, 0.5) is 5.69 Å². The number of rotatable bonds is 10. The fraction of sp³-hybridized carbons (Fsp3) is 0.500. The van der Waals surface area contributed by atoms with Gasteiger partial charge in [-0.25, -0.2) is 22.8 Å². The van der Waals surface area contributed by atoms with Crippen molar-refractivity contribution in [1.82, 2.24) is 24.8 Å². The Balaban J connectivity index is 1.58. The second-order valence-corrected chi connectivity index (χ2v) is 12.4. The van der Waals surface area contributed by atoms with E-state index >= 15 is 0 Å². The van der Waals surface area contributed by atoms with Crippen LogP contribution >= 0.6 is 0 Å². The second-order valence-electron chi connectivity index (χ2n) is 10.6. The van der Waals surface area contributed by atoms with Crippen LogP contribution in [0.1, 0.15) is 61.1 Å². The van der Waals surface area contributed by atoms with Gasteiger partial charge in [0, 0.05) is 46.2 Å². The monoisotopic (exact) mass is 568 g/mol. The highest BCUT2D eigenvalue weighted by Crippen LogP contribution is 2.43. The number of amides is 2. The van der Waals surface area contributed by atoms with E-state index in [2.05, 4.69) is 14.9 Å². The second kappa shape index (κ2) is 11.9. The van der Waals surface area contributed by atoms with Crippen LogP contribution in [0.5, 0.6) is 0 Å². The van der Waals surface area contributed by atoms with Crippen molar-refractivity contribution in [3.8, 4) is 5.69 Å². The number of benzene rings is 1. The lowest BCUT2D eigenvalue weighted by Gasteiger charge is -2.34. The van der Waals surface area contributed by atoms with Crippen molar-refractivity contribution in [3.05, 3.63) is 47.8 Å². The minimum atomic E-state index is -4.00. The van der Waals surface area contributed by atoms with Crippen LogP contribution in [0.2, 0.25) is 0 Å². The molecule has 214 valence electrons. The first-order valence-corrected chi connectivity index (χ1v) is 15.4. The zero-order valence-corrected chi connectivity index (χ0v) is 23.7. The summed E-state index contributed by atoms with van der Waals surface area (Å²) in [5.74, 6) is -0.801. The van der Waals surface area contributed by atoms with Gasteiger partial charge < -0.3 is 15.0 Å². The van der Waals surface area contributed by atoms with Gasteiger partial charge in [-0.3, -0.25) is 9.59 Å². The van der Waals surface area contributed by atoms with Gasteiger partial charge in [-0.2, -0.15) is 5.10 Å². The average Bonchev–Trinajstić information content (AvgIpc) is 3.27. The summed E-state index contributed by atoms with van der Waals surface area (Å²) in [6.45, 7) is 3.48. The van der Waals surface area contributed by atoms with E-state index < -0.39 is 21.7 Å². The van der Waals surface area contributed by atoms with Crippen LogP contribution in [0, 0.1) is 5.92 Å². The van der Waals surface area contributed by atoms with Crippen LogP contribution in [-0.2, 0) is 19.6 Å². The number of hydrogen-bond donors (Lipinski definition) is 2. The lowest BCUT2D eigenvalue weighted by atomic mass is 9.82. The maximum absolute atomic E-state index is 13.3. The Bertz CT molecular complexity index is 1480. The van der Waals surface area contributed by atoms with Crippen LogP contribution in [0.3, 0.4) is 0 Å². The molecule has 1 aliphatic carbocycles. The van der Waals surface area contributed by atoms with Gasteiger partial charge in [0.05, 0.1) is 28.2 Å². The van der Waals surface area contributed by atoms with E-state index in [-0.39, 0.29) is 18.1 Å². The molecule has 12 heteroatoms. The molecule has 1 saturated carbocycles. The average molecular weight is 569 g/mol. The largest absolute Gasteiger partial charge is 0.384 e. The van der Waals surface area contributed by atoms with Gasteiger partial charge in [-0.15, -0.1) is 0 Å². The third-order valence-corrected chi connectivity index (χ3v) is 8.96. The quantitative estimate of drug-likeness (QED) is 0.381. The predicted molar refractivity (Wildman–Crippen MR) is 152 cm³/mol. The maximum atomic E-state index is 13.3. The first-order valence-electron chi connectivity index (χ1n) is 13.8. The van der Waals surface area contributed by atoms with Gasteiger partial charge in [0.1, 0.15) is 5.69 Å². The minimum absolute atomic E-state index is 0.00172. The number of methoxy groups -OCH3 is 1. The first-order chi connectivity index (χ1) is 19.3. The number of pyridine rings is 1. The highest BCUT2D eigenvalue weighted by Gasteiger charge is 2.32. The first kappa shape index (κ1) is 28.0. The number of anilines is 1. The van der Waals surface area contributed by atoms with Gasteiger partial charge in [-0.1, -0.05) is 24.6 Å². The highest BCUT2D eigenvalue weighted by atomic mass is 32.2. The molecule has 5 rings (SSSR count). The lowest BCUT2D eigenvalue weighted by Crippen LogP contribution is -2.38. The van der Waals surface area contributed by atoms with Gasteiger partial charge in [-0.05, 0) is 49.8 Å². The topological polar surface area (TPSA) is 136 Å². The number of fused-ring (bicyclic) bond motifs is 1. The van der Waals surface area contributed by atoms with E-state index in [0.717, 1.165) is 67.6 Å². The van der Waals surface area contributed by atoms with E-state index in [1.54, 1.807) is 17.9 Å². The zero-order valence-electron chi connectivity index (χ0n) is 22.9. The third-order valence-electron chi connectivity index (χ3n) is 7.72. The molecule has 40 heavy (non-hydrogen) atoms. The summed E-state index contributed by atoms with van der Waals surface area (Å²) in [5, 5.41) is 8.39. The summed E-state index contributed by atoms with van der Waals surface area (Å²) in [5.41, 5.74) is 3.18.